The van der Waals surface area contributed by atoms with Gasteiger partial charge in [0.2, 0.25) is 0 Å². The van der Waals surface area contributed by atoms with Crippen LogP contribution in [0, 0.1) is 6.92 Å². The molecular formula is C11H17N5S. The molecule has 0 spiro atoms. The minimum absolute atomic E-state index is 0.0665. The lowest BCUT2D eigenvalue weighted by Crippen LogP contribution is -2.29. The molecule has 1 atom stereocenters. The molecule has 0 aliphatic carbocycles. The van der Waals surface area contributed by atoms with Crippen molar-refractivity contribution in [3.8, 4) is 0 Å². The van der Waals surface area contributed by atoms with E-state index in [1.165, 1.54) is 0 Å². The molecule has 0 aliphatic rings. The topological polar surface area (TPSA) is 68.8 Å². The molecular weight excluding hydrogens is 234 g/mol. The highest BCUT2D eigenvalue weighted by molar-refractivity contribution is 7.09. The Morgan fingerprint density at radius 1 is 1.59 bits per heavy atom. The number of aryl methyl sites for hydroxylation is 2. The molecule has 0 aliphatic heterocycles. The standard InChI is InChI=1S/C11H17N5S/c1-3-16-6-9(5-13-16)11(15-12)4-10-7-17-8(2)14-10/h5-7,11,15H,3-4,12H2,1-2H3. The number of rotatable bonds is 5. The van der Waals surface area contributed by atoms with Crippen LogP contribution in [0.4, 0.5) is 0 Å². The van der Waals surface area contributed by atoms with Crippen molar-refractivity contribution >= 4 is 11.3 Å². The third kappa shape index (κ3) is 2.91. The van der Waals surface area contributed by atoms with Crippen molar-refractivity contribution in [1.29, 1.82) is 0 Å². The minimum atomic E-state index is 0.0665. The third-order valence-corrected chi connectivity index (χ3v) is 3.48. The Bertz CT molecular complexity index is 476. The summed E-state index contributed by atoms with van der Waals surface area (Å²) >= 11 is 1.66. The van der Waals surface area contributed by atoms with Crippen molar-refractivity contribution in [3.63, 3.8) is 0 Å². The van der Waals surface area contributed by atoms with E-state index in [0.29, 0.717) is 0 Å². The van der Waals surface area contributed by atoms with Gasteiger partial charge in [0.05, 0.1) is 22.9 Å². The molecule has 1 unspecified atom stereocenters. The zero-order valence-corrected chi connectivity index (χ0v) is 10.9. The highest BCUT2D eigenvalue weighted by atomic mass is 32.1. The van der Waals surface area contributed by atoms with E-state index in [2.05, 4.69) is 27.8 Å². The second kappa shape index (κ2) is 5.39. The summed E-state index contributed by atoms with van der Waals surface area (Å²) in [5.74, 6) is 5.60. The highest BCUT2D eigenvalue weighted by Crippen LogP contribution is 2.18. The molecule has 2 aromatic rings. The van der Waals surface area contributed by atoms with Gasteiger partial charge in [0, 0.05) is 30.1 Å². The summed E-state index contributed by atoms with van der Waals surface area (Å²) in [7, 11) is 0. The van der Waals surface area contributed by atoms with Crippen LogP contribution in [0.25, 0.3) is 0 Å². The van der Waals surface area contributed by atoms with Crippen molar-refractivity contribution in [1.82, 2.24) is 20.2 Å². The second-order valence-corrected chi connectivity index (χ2v) is 4.97. The molecule has 0 aromatic carbocycles. The van der Waals surface area contributed by atoms with E-state index < -0.39 is 0 Å². The second-order valence-electron chi connectivity index (χ2n) is 3.91. The zero-order valence-electron chi connectivity index (χ0n) is 10.1. The molecule has 6 heteroatoms. The number of hydrogen-bond donors (Lipinski definition) is 2. The van der Waals surface area contributed by atoms with Gasteiger partial charge in [-0.1, -0.05) is 0 Å². The van der Waals surface area contributed by atoms with Crippen molar-refractivity contribution in [2.45, 2.75) is 32.9 Å². The fourth-order valence-electron chi connectivity index (χ4n) is 1.72. The predicted octanol–water partition coefficient (Wildman–Crippen LogP) is 1.42. The highest BCUT2D eigenvalue weighted by Gasteiger charge is 2.14. The van der Waals surface area contributed by atoms with Gasteiger partial charge in [-0.15, -0.1) is 11.3 Å². The largest absolute Gasteiger partial charge is 0.273 e. The Balaban J connectivity index is 2.10. The third-order valence-electron chi connectivity index (χ3n) is 2.66. The van der Waals surface area contributed by atoms with Crippen molar-refractivity contribution in [3.05, 3.63) is 34.0 Å². The van der Waals surface area contributed by atoms with Crippen molar-refractivity contribution in [2.24, 2.45) is 5.84 Å². The Morgan fingerprint density at radius 2 is 2.41 bits per heavy atom. The van der Waals surface area contributed by atoms with E-state index in [4.69, 9.17) is 5.84 Å². The van der Waals surface area contributed by atoms with Crippen LogP contribution >= 0.6 is 11.3 Å². The molecule has 0 amide bonds. The van der Waals surface area contributed by atoms with Gasteiger partial charge in [-0.2, -0.15) is 5.10 Å². The van der Waals surface area contributed by atoms with Crippen LogP contribution < -0.4 is 11.3 Å². The van der Waals surface area contributed by atoms with Crippen LogP contribution in [0.5, 0.6) is 0 Å². The van der Waals surface area contributed by atoms with Crippen LogP contribution in [-0.4, -0.2) is 14.8 Å². The summed E-state index contributed by atoms with van der Waals surface area (Å²) < 4.78 is 1.89. The molecule has 3 N–H and O–H groups in total. The lowest BCUT2D eigenvalue weighted by molar-refractivity contribution is 0.545. The van der Waals surface area contributed by atoms with E-state index in [1.807, 2.05) is 24.0 Å². The van der Waals surface area contributed by atoms with E-state index >= 15 is 0 Å². The molecule has 0 saturated carbocycles. The van der Waals surface area contributed by atoms with Crippen molar-refractivity contribution in [2.75, 3.05) is 0 Å². The van der Waals surface area contributed by atoms with Crippen LogP contribution in [-0.2, 0) is 13.0 Å². The van der Waals surface area contributed by atoms with E-state index in [0.717, 1.165) is 29.2 Å². The number of hydrogen-bond acceptors (Lipinski definition) is 5. The zero-order chi connectivity index (χ0) is 12.3. The minimum Gasteiger partial charge on any atom is -0.273 e. The first-order valence-corrected chi connectivity index (χ1v) is 6.50. The molecule has 0 radical (unpaired) electrons. The Labute approximate surface area is 105 Å². The van der Waals surface area contributed by atoms with Crippen LogP contribution in [0.2, 0.25) is 0 Å². The Kier molecular flexibility index (Phi) is 3.88. The summed E-state index contributed by atoms with van der Waals surface area (Å²) in [5, 5.41) is 7.41. The molecule has 0 bridgehead atoms. The molecule has 5 nitrogen and oxygen atoms in total. The van der Waals surface area contributed by atoms with Crippen molar-refractivity contribution < 1.29 is 0 Å². The quantitative estimate of drug-likeness (QED) is 0.623. The molecule has 92 valence electrons. The number of nitrogens with two attached hydrogens (primary N) is 1. The molecule has 2 aromatic heterocycles. The number of nitrogens with zero attached hydrogens (tertiary/aromatic N) is 3. The van der Waals surface area contributed by atoms with Gasteiger partial charge in [-0.3, -0.25) is 16.0 Å². The fraction of sp³-hybridized carbons (Fsp3) is 0.455. The molecule has 0 fully saturated rings. The smallest absolute Gasteiger partial charge is 0.0897 e. The number of hydrazine groups is 1. The lowest BCUT2D eigenvalue weighted by atomic mass is 10.1. The normalized spacial score (nSPS) is 12.9. The summed E-state index contributed by atoms with van der Waals surface area (Å²) in [6, 6.07) is 0.0665. The van der Waals surface area contributed by atoms with Crippen LogP contribution in [0.15, 0.2) is 17.8 Å². The van der Waals surface area contributed by atoms with Crippen LogP contribution in [0.1, 0.15) is 29.2 Å². The van der Waals surface area contributed by atoms with Gasteiger partial charge >= 0.3 is 0 Å². The molecule has 2 rings (SSSR count). The maximum atomic E-state index is 5.60. The first-order chi connectivity index (χ1) is 8.22. The maximum Gasteiger partial charge on any atom is 0.0897 e. The monoisotopic (exact) mass is 251 g/mol. The van der Waals surface area contributed by atoms with Gasteiger partial charge in [0.1, 0.15) is 0 Å². The summed E-state index contributed by atoms with van der Waals surface area (Å²) in [6.45, 7) is 4.94. The van der Waals surface area contributed by atoms with Gasteiger partial charge in [0.25, 0.3) is 0 Å². The average molecular weight is 251 g/mol. The fourth-order valence-corrected chi connectivity index (χ4v) is 2.34. The first kappa shape index (κ1) is 12.2. The number of nitrogens with one attached hydrogen (secondary N) is 1. The maximum absolute atomic E-state index is 5.60. The number of aromatic nitrogens is 3. The van der Waals surface area contributed by atoms with Crippen LogP contribution in [0.3, 0.4) is 0 Å². The summed E-state index contributed by atoms with van der Waals surface area (Å²) in [5.41, 5.74) is 4.99. The lowest BCUT2D eigenvalue weighted by Gasteiger charge is -2.12. The number of thiazole rings is 1. The van der Waals surface area contributed by atoms with Gasteiger partial charge in [0.15, 0.2) is 0 Å². The summed E-state index contributed by atoms with van der Waals surface area (Å²) in [6.07, 6.45) is 4.66. The summed E-state index contributed by atoms with van der Waals surface area (Å²) in [4.78, 5) is 4.45. The van der Waals surface area contributed by atoms with E-state index in [1.54, 1.807) is 11.3 Å². The van der Waals surface area contributed by atoms with Gasteiger partial charge in [-0.25, -0.2) is 4.98 Å². The van der Waals surface area contributed by atoms with Gasteiger partial charge in [-0.05, 0) is 13.8 Å². The Hall–Kier alpha value is -1.24. The molecule has 2 heterocycles. The van der Waals surface area contributed by atoms with Gasteiger partial charge < -0.3 is 0 Å². The molecule has 17 heavy (non-hydrogen) atoms. The SMILES string of the molecule is CCn1cc(C(Cc2csc(C)n2)NN)cn1. The van der Waals surface area contributed by atoms with E-state index in [-0.39, 0.29) is 6.04 Å². The molecule has 0 saturated heterocycles. The Morgan fingerprint density at radius 3 is 2.94 bits per heavy atom. The van der Waals surface area contributed by atoms with E-state index in [9.17, 15) is 0 Å². The first-order valence-electron chi connectivity index (χ1n) is 5.62. The average Bonchev–Trinajstić information content (AvgIpc) is 2.94. The predicted molar refractivity (Wildman–Crippen MR) is 68.5 cm³/mol.